The molecule has 0 saturated carbocycles. The highest BCUT2D eigenvalue weighted by Gasteiger charge is 2.35. The van der Waals surface area contributed by atoms with Gasteiger partial charge >= 0.3 is 0 Å². The molecule has 1 heterocycles. The van der Waals surface area contributed by atoms with Gasteiger partial charge in [0.15, 0.2) is 0 Å². The van der Waals surface area contributed by atoms with Gasteiger partial charge in [0.1, 0.15) is 0 Å². The molecule has 0 unspecified atom stereocenters. The number of piperazine rings is 1. The van der Waals surface area contributed by atoms with Crippen molar-refractivity contribution < 1.29 is 4.79 Å². The summed E-state index contributed by atoms with van der Waals surface area (Å²) in [4.78, 5) is 15.8. The highest BCUT2D eigenvalue weighted by Crippen LogP contribution is 2.20. The van der Waals surface area contributed by atoms with Gasteiger partial charge in [-0.2, -0.15) is 0 Å². The van der Waals surface area contributed by atoms with Crippen molar-refractivity contribution in [2.45, 2.75) is 33.2 Å². The van der Waals surface area contributed by atoms with Crippen molar-refractivity contribution in [3.63, 3.8) is 0 Å². The van der Waals surface area contributed by atoms with Crippen molar-refractivity contribution >= 4 is 5.91 Å². The largest absolute Gasteiger partial charge is 0.338 e. The van der Waals surface area contributed by atoms with Crippen molar-refractivity contribution in [3.8, 4) is 0 Å². The number of nitrogens with zero attached hydrogens (tertiary/aromatic N) is 2. The molecule has 0 aliphatic carbocycles. The summed E-state index contributed by atoms with van der Waals surface area (Å²) < 4.78 is 0. The third-order valence-electron chi connectivity index (χ3n) is 2.87. The number of likely N-dealkylation sites (N-methyl/N-ethyl adjacent to an activating group) is 1. The molecule has 14 heavy (non-hydrogen) atoms. The second kappa shape index (κ2) is 3.89. The normalized spacial score (nSPS) is 23.3. The van der Waals surface area contributed by atoms with E-state index in [1.807, 2.05) is 11.9 Å². The summed E-state index contributed by atoms with van der Waals surface area (Å²) in [5.74, 6) is 0.865. The first-order chi connectivity index (χ1) is 6.33. The van der Waals surface area contributed by atoms with Gasteiger partial charge in [0.2, 0.25) is 5.91 Å². The smallest absolute Gasteiger partial charge is 0.236 e. The summed E-state index contributed by atoms with van der Waals surface area (Å²) in [6.45, 7) is 11.2. The SMILES string of the molecule is CC(C)CN1CC(=O)N(C)C(C)(C)C1. The number of amides is 1. The second-order valence-corrected chi connectivity index (χ2v) is 5.33. The van der Waals surface area contributed by atoms with Crippen LogP contribution < -0.4 is 0 Å². The maximum atomic E-state index is 11.7. The highest BCUT2D eigenvalue weighted by molar-refractivity contribution is 5.79. The molecule has 82 valence electrons. The van der Waals surface area contributed by atoms with Crippen LogP contribution in [0.15, 0.2) is 0 Å². The van der Waals surface area contributed by atoms with Crippen LogP contribution in [0.5, 0.6) is 0 Å². The molecule has 0 atom stereocenters. The molecule has 1 amide bonds. The maximum absolute atomic E-state index is 11.7. The molecule has 1 fully saturated rings. The number of hydrogen-bond acceptors (Lipinski definition) is 2. The Morgan fingerprint density at radius 1 is 1.43 bits per heavy atom. The minimum atomic E-state index is -0.0236. The van der Waals surface area contributed by atoms with Crippen molar-refractivity contribution in [2.24, 2.45) is 5.92 Å². The molecule has 3 nitrogen and oxygen atoms in total. The standard InChI is InChI=1S/C11H22N2O/c1-9(2)6-13-7-10(14)12(5)11(3,4)8-13/h9H,6-8H2,1-5H3. The Labute approximate surface area is 87.1 Å². The van der Waals surface area contributed by atoms with Gasteiger partial charge in [-0.05, 0) is 19.8 Å². The molecular weight excluding hydrogens is 176 g/mol. The van der Waals surface area contributed by atoms with E-state index in [0.29, 0.717) is 12.5 Å². The fourth-order valence-electron chi connectivity index (χ4n) is 1.99. The van der Waals surface area contributed by atoms with E-state index < -0.39 is 0 Å². The molecule has 0 spiro atoms. The summed E-state index contributed by atoms with van der Waals surface area (Å²) >= 11 is 0. The van der Waals surface area contributed by atoms with Crippen LogP contribution >= 0.6 is 0 Å². The van der Waals surface area contributed by atoms with Gasteiger partial charge in [-0.3, -0.25) is 9.69 Å². The molecule has 0 aromatic heterocycles. The Balaban J connectivity index is 2.64. The summed E-state index contributed by atoms with van der Waals surface area (Å²) in [6.07, 6.45) is 0. The zero-order chi connectivity index (χ0) is 10.9. The Bertz CT molecular complexity index is 223. The topological polar surface area (TPSA) is 23.6 Å². The average molecular weight is 198 g/mol. The van der Waals surface area contributed by atoms with E-state index in [1.165, 1.54) is 0 Å². The number of rotatable bonds is 2. The van der Waals surface area contributed by atoms with Crippen molar-refractivity contribution in [1.82, 2.24) is 9.80 Å². The summed E-state index contributed by atoms with van der Waals surface area (Å²) in [7, 11) is 1.90. The Kier molecular flexibility index (Phi) is 3.20. The van der Waals surface area contributed by atoms with Gasteiger partial charge in [0.05, 0.1) is 6.54 Å². The zero-order valence-electron chi connectivity index (χ0n) is 10.0. The molecule has 1 aliphatic rings. The zero-order valence-corrected chi connectivity index (χ0v) is 10.0. The molecular formula is C11H22N2O. The minimum Gasteiger partial charge on any atom is -0.338 e. The molecule has 0 bridgehead atoms. The van der Waals surface area contributed by atoms with Crippen LogP contribution in [0, 0.1) is 5.92 Å². The number of carbonyl (C=O) groups is 1. The van der Waals surface area contributed by atoms with Crippen LogP contribution in [0.4, 0.5) is 0 Å². The van der Waals surface area contributed by atoms with Gasteiger partial charge in [-0.25, -0.2) is 0 Å². The maximum Gasteiger partial charge on any atom is 0.236 e. The highest BCUT2D eigenvalue weighted by atomic mass is 16.2. The van der Waals surface area contributed by atoms with Crippen molar-refractivity contribution in [3.05, 3.63) is 0 Å². The first-order valence-electron chi connectivity index (χ1n) is 5.32. The van der Waals surface area contributed by atoms with Crippen LogP contribution in [0.1, 0.15) is 27.7 Å². The van der Waals surface area contributed by atoms with Crippen LogP contribution in [0.2, 0.25) is 0 Å². The van der Waals surface area contributed by atoms with E-state index >= 15 is 0 Å². The number of carbonyl (C=O) groups excluding carboxylic acids is 1. The van der Waals surface area contributed by atoms with Crippen LogP contribution in [-0.2, 0) is 4.79 Å². The first-order valence-corrected chi connectivity index (χ1v) is 5.32. The van der Waals surface area contributed by atoms with Gasteiger partial charge in [-0.1, -0.05) is 13.8 Å². The molecule has 0 aromatic carbocycles. The van der Waals surface area contributed by atoms with Gasteiger partial charge in [0.25, 0.3) is 0 Å². The minimum absolute atomic E-state index is 0.0236. The van der Waals surface area contributed by atoms with Gasteiger partial charge in [-0.15, -0.1) is 0 Å². The Morgan fingerprint density at radius 3 is 2.43 bits per heavy atom. The lowest BCUT2D eigenvalue weighted by Crippen LogP contribution is -2.60. The molecule has 3 heteroatoms. The molecule has 1 rings (SSSR count). The summed E-state index contributed by atoms with van der Waals surface area (Å²) in [5.41, 5.74) is -0.0236. The molecule has 0 aromatic rings. The lowest BCUT2D eigenvalue weighted by atomic mass is 9.98. The third-order valence-corrected chi connectivity index (χ3v) is 2.87. The third kappa shape index (κ3) is 2.47. The van der Waals surface area contributed by atoms with E-state index in [4.69, 9.17) is 0 Å². The van der Waals surface area contributed by atoms with Crippen LogP contribution in [0.3, 0.4) is 0 Å². The summed E-state index contributed by atoms with van der Waals surface area (Å²) in [6, 6.07) is 0. The van der Waals surface area contributed by atoms with E-state index in [2.05, 4.69) is 32.6 Å². The monoisotopic (exact) mass is 198 g/mol. The predicted octanol–water partition coefficient (Wildman–Crippen LogP) is 1.19. The van der Waals surface area contributed by atoms with E-state index in [0.717, 1.165) is 13.1 Å². The summed E-state index contributed by atoms with van der Waals surface area (Å²) in [5, 5.41) is 0. The Hall–Kier alpha value is -0.570. The van der Waals surface area contributed by atoms with E-state index in [-0.39, 0.29) is 11.4 Å². The quantitative estimate of drug-likeness (QED) is 0.665. The van der Waals surface area contributed by atoms with Crippen molar-refractivity contribution in [1.29, 1.82) is 0 Å². The first kappa shape index (κ1) is 11.5. The van der Waals surface area contributed by atoms with E-state index in [1.54, 1.807) is 0 Å². The van der Waals surface area contributed by atoms with Crippen molar-refractivity contribution in [2.75, 3.05) is 26.7 Å². The average Bonchev–Trinajstić information content (AvgIpc) is 1.98. The molecule has 0 radical (unpaired) electrons. The molecule has 1 aliphatic heterocycles. The fraction of sp³-hybridized carbons (Fsp3) is 0.909. The second-order valence-electron chi connectivity index (χ2n) is 5.33. The lowest BCUT2D eigenvalue weighted by molar-refractivity contribution is -0.142. The predicted molar refractivity (Wildman–Crippen MR) is 58.1 cm³/mol. The molecule has 0 N–H and O–H groups in total. The Morgan fingerprint density at radius 2 is 2.00 bits per heavy atom. The molecule has 1 saturated heterocycles. The van der Waals surface area contributed by atoms with Gasteiger partial charge in [0, 0.05) is 25.7 Å². The fourth-order valence-corrected chi connectivity index (χ4v) is 1.99. The van der Waals surface area contributed by atoms with E-state index in [9.17, 15) is 4.79 Å². The lowest BCUT2D eigenvalue weighted by Gasteiger charge is -2.45. The van der Waals surface area contributed by atoms with Gasteiger partial charge < -0.3 is 4.90 Å². The number of hydrogen-bond donors (Lipinski definition) is 0. The van der Waals surface area contributed by atoms with Crippen LogP contribution in [0.25, 0.3) is 0 Å². The van der Waals surface area contributed by atoms with Crippen LogP contribution in [-0.4, -0.2) is 47.9 Å².